The van der Waals surface area contributed by atoms with E-state index in [0.29, 0.717) is 32.0 Å². The first-order chi connectivity index (χ1) is 14.7. The highest BCUT2D eigenvalue weighted by atomic mass is 35.5. The van der Waals surface area contributed by atoms with E-state index in [0.717, 1.165) is 5.56 Å². The van der Waals surface area contributed by atoms with Crippen LogP contribution in [0.3, 0.4) is 0 Å². The van der Waals surface area contributed by atoms with Crippen LogP contribution in [0.5, 0.6) is 0 Å². The summed E-state index contributed by atoms with van der Waals surface area (Å²) in [5, 5.41) is 4.04. The summed E-state index contributed by atoms with van der Waals surface area (Å²) >= 11 is 23.8. The number of carbonyl (C=O) groups is 3. The fourth-order valence-electron chi connectivity index (χ4n) is 3.20. The van der Waals surface area contributed by atoms with Crippen molar-refractivity contribution in [3.05, 3.63) is 91.4 Å². The number of amides is 2. The van der Waals surface area contributed by atoms with Gasteiger partial charge in [-0.1, -0.05) is 52.5 Å². The lowest BCUT2D eigenvalue weighted by molar-refractivity contribution is -0.114. The Morgan fingerprint density at radius 2 is 1.48 bits per heavy atom. The molecule has 0 bridgehead atoms. The van der Waals surface area contributed by atoms with E-state index in [1.54, 1.807) is 30.3 Å². The Bertz CT molecular complexity index is 1260. The molecule has 1 N–H and O–H groups in total. The van der Waals surface area contributed by atoms with Crippen molar-refractivity contribution in [1.29, 1.82) is 0 Å². The molecule has 5 nitrogen and oxygen atoms in total. The molecule has 1 aliphatic heterocycles. The molecule has 0 saturated carbocycles. The van der Waals surface area contributed by atoms with Gasteiger partial charge in [-0.2, -0.15) is 0 Å². The van der Waals surface area contributed by atoms with E-state index in [1.165, 1.54) is 29.2 Å². The number of halogens is 4. The lowest BCUT2D eigenvalue weighted by Gasteiger charge is -2.17. The van der Waals surface area contributed by atoms with Gasteiger partial charge in [0, 0.05) is 11.3 Å². The highest BCUT2D eigenvalue weighted by Crippen LogP contribution is 2.33. The van der Waals surface area contributed by atoms with Crippen LogP contribution in [0.15, 0.2) is 54.6 Å². The summed E-state index contributed by atoms with van der Waals surface area (Å²) in [6.07, 6.45) is 0. The summed E-state index contributed by atoms with van der Waals surface area (Å²) in [7, 11) is 0. The third kappa shape index (κ3) is 4.27. The van der Waals surface area contributed by atoms with Crippen LogP contribution >= 0.6 is 46.4 Å². The molecular formula is C22H12Cl4N2O3. The second-order valence-electron chi connectivity index (χ2n) is 6.78. The topological polar surface area (TPSA) is 66.5 Å². The van der Waals surface area contributed by atoms with E-state index >= 15 is 0 Å². The average molecular weight is 494 g/mol. The molecule has 4 rings (SSSR count). The van der Waals surface area contributed by atoms with Crippen molar-refractivity contribution in [3.63, 3.8) is 0 Å². The first-order valence-corrected chi connectivity index (χ1v) is 10.5. The molecule has 9 heteroatoms. The van der Waals surface area contributed by atoms with E-state index < -0.39 is 17.6 Å². The summed E-state index contributed by atoms with van der Waals surface area (Å²) in [6, 6.07) is 14.2. The van der Waals surface area contributed by atoms with Crippen molar-refractivity contribution >= 4 is 75.4 Å². The number of benzene rings is 3. The van der Waals surface area contributed by atoms with E-state index in [2.05, 4.69) is 5.32 Å². The van der Waals surface area contributed by atoms with Crippen LogP contribution in [0.25, 0.3) is 0 Å². The van der Waals surface area contributed by atoms with Crippen LogP contribution in [-0.2, 0) is 11.3 Å². The molecule has 0 aliphatic carbocycles. The zero-order valence-electron chi connectivity index (χ0n) is 15.6. The van der Waals surface area contributed by atoms with Gasteiger partial charge in [-0.05, 0) is 54.1 Å². The monoisotopic (exact) mass is 492 g/mol. The Kier molecular flexibility index (Phi) is 5.95. The minimum absolute atomic E-state index is 0.156. The molecule has 0 atom stereocenters. The van der Waals surface area contributed by atoms with Crippen LogP contribution in [0.4, 0.5) is 11.4 Å². The molecule has 2 amide bonds. The number of ketones is 1. The minimum Gasteiger partial charge on any atom is -0.322 e. The second-order valence-corrected chi connectivity index (χ2v) is 8.41. The van der Waals surface area contributed by atoms with Crippen molar-refractivity contribution in [2.75, 3.05) is 10.2 Å². The Balaban J connectivity index is 1.58. The Morgan fingerprint density at radius 3 is 2.16 bits per heavy atom. The molecular weight excluding hydrogens is 482 g/mol. The highest BCUT2D eigenvalue weighted by Gasteiger charge is 2.36. The molecule has 3 aromatic carbocycles. The predicted octanol–water partition coefficient (Wildman–Crippen LogP) is 6.28. The number of Topliss-reactive ketones (excluding diaryl/α,β-unsaturated/α-hetero) is 1. The molecule has 0 unspecified atom stereocenters. The lowest BCUT2D eigenvalue weighted by Crippen LogP contribution is -2.29. The third-order valence-corrected chi connectivity index (χ3v) is 6.21. The summed E-state index contributed by atoms with van der Waals surface area (Å²) in [6.45, 7) is 0.156. The molecule has 0 radical (unpaired) electrons. The van der Waals surface area contributed by atoms with E-state index in [9.17, 15) is 14.4 Å². The Hall–Kier alpha value is -2.57. The number of nitrogens with one attached hydrogen (secondary N) is 1. The number of rotatable bonds is 4. The third-order valence-electron chi connectivity index (χ3n) is 4.74. The molecule has 156 valence electrons. The zero-order valence-corrected chi connectivity index (χ0v) is 18.6. The van der Waals surface area contributed by atoms with Crippen LogP contribution < -0.4 is 10.2 Å². The smallest absolute Gasteiger partial charge is 0.299 e. The standard InChI is InChI=1S/C22H12Cl4N2O3/c23-15-4-1-11(7-17(15)25)10-28-19-6-3-13(9-14(19)20(29)22(28)31)27-21(30)12-2-5-16(24)18(26)8-12/h1-9H,10H2,(H,27,30). The van der Waals surface area contributed by atoms with Crippen molar-refractivity contribution in [2.45, 2.75) is 6.54 Å². The van der Waals surface area contributed by atoms with Crippen LogP contribution in [-0.4, -0.2) is 17.6 Å². The number of hydrogen-bond acceptors (Lipinski definition) is 3. The van der Waals surface area contributed by atoms with Gasteiger partial charge in [-0.15, -0.1) is 0 Å². The summed E-state index contributed by atoms with van der Waals surface area (Å²) in [5.74, 6) is -1.74. The SMILES string of the molecule is O=C(Nc1ccc2c(c1)C(=O)C(=O)N2Cc1ccc(Cl)c(Cl)c1)c1ccc(Cl)c(Cl)c1. The molecule has 3 aromatic rings. The van der Waals surface area contributed by atoms with E-state index in [1.807, 2.05) is 0 Å². The summed E-state index contributed by atoms with van der Waals surface area (Å²) in [4.78, 5) is 38.9. The van der Waals surface area contributed by atoms with Gasteiger partial charge in [0.05, 0.1) is 37.9 Å². The Labute approximate surface area is 197 Å². The van der Waals surface area contributed by atoms with Gasteiger partial charge in [0.15, 0.2) is 0 Å². The predicted molar refractivity (Wildman–Crippen MR) is 123 cm³/mol. The quantitative estimate of drug-likeness (QED) is 0.435. The van der Waals surface area contributed by atoms with E-state index in [4.69, 9.17) is 46.4 Å². The molecule has 0 fully saturated rings. The normalized spacial score (nSPS) is 12.8. The Morgan fingerprint density at radius 1 is 0.806 bits per heavy atom. The number of carbonyl (C=O) groups excluding carboxylic acids is 3. The maximum Gasteiger partial charge on any atom is 0.299 e. The van der Waals surface area contributed by atoms with Gasteiger partial charge in [-0.3, -0.25) is 14.4 Å². The fraction of sp³-hybridized carbons (Fsp3) is 0.0455. The van der Waals surface area contributed by atoms with Crippen LogP contribution in [0.2, 0.25) is 20.1 Å². The van der Waals surface area contributed by atoms with Gasteiger partial charge in [-0.25, -0.2) is 0 Å². The summed E-state index contributed by atoms with van der Waals surface area (Å²) < 4.78 is 0. The van der Waals surface area contributed by atoms with Crippen LogP contribution in [0.1, 0.15) is 26.3 Å². The van der Waals surface area contributed by atoms with Gasteiger partial charge in [0.1, 0.15) is 0 Å². The fourth-order valence-corrected chi connectivity index (χ4v) is 3.82. The van der Waals surface area contributed by atoms with Gasteiger partial charge >= 0.3 is 0 Å². The second kappa shape index (κ2) is 8.52. The lowest BCUT2D eigenvalue weighted by atomic mass is 10.1. The maximum atomic E-state index is 12.5. The van der Waals surface area contributed by atoms with Crippen molar-refractivity contribution < 1.29 is 14.4 Å². The average Bonchev–Trinajstić information content (AvgIpc) is 2.97. The number of anilines is 2. The number of fused-ring (bicyclic) bond motifs is 1. The van der Waals surface area contributed by atoms with Gasteiger partial charge in [0.25, 0.3) is 17.6 Å². The zero-order chi connectivity index (χ0) is 22.3. The largest absolute Gasteiger partial charge is 0.322 e. The summed E-state index contributed by atoms with van der Waals surface area (Å²) in [5.41, 5.74) is 2.05. The molecule has 31 heavy (non-hydrogen) atoms. The van der Waals surface area contributed by atoms with Gasteiger partial charge < -0.3 is 10.2 Å². The van der Waals surface area contributed by atoms with Gasteiger partial charge in [0.2, 0.25) is 0 Å². The van der Waals surface area contributed by atoms with Crippen LogP contribution in [0, 0.1) is 0 Å². The highest BCUT2D eigenvalue weighted by molar-refractivity contribution is 6.52. The maximum absolute atomic E-state index is 12.5. The molecule has 0 saturated heterocycles. The van der Waals surface area contributed by atoms with Crippen molar-refractivity contribution in [2.24, 2.45) is 0 Å². The first-order valence-electron chi connectivity index (χ1n) is 8.95. The van der Waals surface area contributed by atoms with Crippen molar-refractivity contribution in [3.8, 4) is 0 Å². The number of nitrogens with zero attached hydrogens (tertiary/aromatic N) is 1. The molecule has 0 aromatic heterocycles. The molecule has 1 aliphatic rings. The minimum atomic E-state index is -0.658. The van der Waals surface area contributed by atoms with E-state index in [-0.39, 0.29) is 17.1 Å². The molecule has 0 spiro atoms. The first kappa shape index (κ1) is 21.7. The van der Waals surface area contributed by atoms with Crippen molar-refractivity contribution in [1.82, 2.24) is 0 Å². The molecule has 1 heterocycles. The number of hydrogen-bond donors (Lipinski definition) is 1.